The van der Waals surface area contributed by atoms with E-state index in [2.05, 4.69) is 11.2 Å². The van der Waals surface area contributed by atoms with E-state index >= 15 is 0 Å². The van der Waals surface area contributed by atoms with Crippen molar-refractivity contribution in [1.82, 2.24) is 9.78 Å². The number of carbonyl (C=O) groups excluding carboxylic acids is 1. The van der Waals surface area contributed by atoms with Gasteiger partial charge in [0.05, 0.1) is 17.5 Å². The van der Waals surface area contributed by atoms with Crippen LogP contribution in [0.1, 0.15) is 22.8 Å². The van der Waals surface area contributed by atoms with Crippen LogP contribution in [0.4, 0.5) is 0 Å². The molecule has 0 saturated heterocycles. The van der Waals surface area contributed by atoms with Gasteiger partial charge < -0.3 is 0 Å². The second-order valence-electron chi connectivity index (χ2n) is 3.96. The van der Waals surface area contributed by atoms with Crippen LogP contribution in [0, 0.1) is 6.92 Å². The second-order valence-corrected chi connectivity index (χ2v) is 3.96. The molecule has 0 spiro atoms. The normalized spacial score (nSPS) is 10.4. The van der Waals surface area contributed by atoms with Gasteiger partial charge in [0.1, 0.15) is 0 Å². The van der Waals surface area contributed by atoms with Gasteiger partial charge in [-0.15, -0.1) is 0 Å². The Morgan fingerprint density at radius 3 is 2.75 bits per heavy atom. The topological polar surface area (TPSA) is 34.9 Å². The number of rotatable bonds is 2. The van der Waals surface area contributed by atoms with Gasteiger partial charge in [-0.3, -0.25) is 9.48 Å². The molecule has 0 atom stereocenters. The summed E-state index contributed by atoms with van der Waals surface area (Å²) in [5.41, 5.74) is 3.77. The molecule has 1 heterocycles. The van der Waals surface area contributed by atoms with Crippen LogP contribution in [0.25, 0.3) is 11.3 Å². The molecule has 0 unspecified atom stereocenters. The summed E-state index contributed by atoms with van der Waals surface area (Å²) < 4.78 is 1.74. The quantitative estimate of drug-likeness (QED) is 0.720. The van der Waals surface area contributed by atoms with E-state index in [1.165, 1.54) is 5.56 Å². The summed E-state index contributed by atoms with van der Waals surface area (Å²) in [7, 11) is 1.85. The van der Waals surface area contributed by atoms with Crippen LogP contribution in [-0.2, 0) is 7.05 Å². The van der Waals surface area contributed by atoms with Gasteiger partial charge in [0.15, 0.2) is 5.78 Å². The number of aromatic nitrogens is 2. The first-order valence-corrected chi connectivity index (χ1v) is 5.19. The van der Waals surface area contributed by atoms with Crippen LogP contribution in [0.15, 0.2) is 30.5 Å². The van der Waals surface area contributed by atoms with Crippen molar-refractivity contribution in [3.05, 3.63) is 41.6 Å². The molecular weight excluding hydrogens is 200 g/mol. The van der Waals surface area contributed by atoms with Crippen molar-refractivity contribution in [2.75, 3.05) is 0 Å². The molecule has 0 N–H and O–H groups in total. The van der Waals surface area contributed by atoms with Gasteiger partial charge in [-0.25, -0.2) is 0 Å². The molecule has 1 aromatic carbocycles. The van der Waals surface area contributed by atoms with Gasteiger partial charge in [0.25, 0.3) is 0 Å². The van der Waals surface area contributed by atoms with Crippen molar-refractivity contribution in [2.45, 2.75) is 13.8 Å². The first-order chi connectivity index (χ1) is 7.59. The smallest absolute Gasteiger partial charge is 0.163 e. The summed E-state index contributed by atoms with van der Waals surface area (Å²) in [5, 5.41) is 4.14. The monoisotopic (exact) mass is 214 g/mol. The third kappa shape index (κ3) is 1.76. The van der Waals surface area contributed by atoms with Crippen LogP contribution in [0.3, 0.4) is 0 Å². The van der Waals surface area contributed by atoms with Gasteiger partial charge >= 0.3 is 0 Å². The van der Waals surface area contributed by atoms with E-state index in [9.17, 15) is 4.79 Å². The molecule has 1 aromatic heterocycles. The predicted molar refractivity (Wildman–Crippen MR) is 63.4 cm³/mol. The van der Waals surface area contributed by atoms with Crippen molar-refractivity contribution in [3.8, 4) is 11.3 Å². The van der Waals surface area contributed by atoms with Crippen molar-refractivity contribution in [2.24, 2.45) is 7.05 Å². The Morgan fingerprint density at radius 2 is 2.12 bits per heavy atom. The molecule has 0 bridgehead atoms. The van der Waals surface area contributed by atoms with Crippen LogP contribution in [0.2, 0.25) is 0 Å². The number of benzene rings is 1. The molecule has 0 amide bonds. The van der Waals surface area contributed by atoms with E-state index in [-0.39, 0.29) is 5.78 Å². The van der Waals surface area contributed by atoms with Crippen LogP contribution < -0.4 is 0 Å². The lowest BCUT2D eigenvalue weighted by molar-refractivity contribution is 0.101. The van der Waals surface area contributed by atoms with Gasteiger partial charge in [-0.1, -0.05) is 23.8 Å². The highest BCUT2D eigenvalue weighted by Gasteiger charge is 2.13. The predicted octanol–water partition coefficient (Wildman–Crippen LogP) is 2.60. The number of Topliss-reactive ketones (excluding diaryl/α,β-unsaturated/α-hetero) is 1. The minimum atomic E-state index is 0.0459. The zero-order valence-corrected chi connectivity index (χ0v) is 9.69. The zero-order valence-electron chi connectivity index (χ0n) is 9.69. The Labute approximate surface area is 94.7 Å². The lowest BCUT2D eigenvalue weighted by Gasteiger charge is -2.05. The summed E-state index contributed by atoms with van der Waals surface area (Å²) in [6.07, 6.45) is 1.62. The molecule has 0 aliphatic carbocycles. The minimum Gasteiger partial charge on any atom is -0.294 e. The Bertz CT molecular complexity index is 541. The maximum absolute atomic E-state index is 11.5. The first-order valence-electron chi connectivity index (χ1n) is 5.19. The standard InChI is InChI=1S/C13H14N2O/c1-9-5-4-6-11(7-9)13-12(10(2)16)8-14-15(13)3/h4-8H,1-3H3. The number of hydrogen-bond donors (Lipinski definition) is 0. The van der Waals surface area contributed by atoms with E-state index in [0.717, 1.165) is 11.3 Å². The summed E-state index contributed by atoms with van der Waals surface area (Å²) >= 11 is 0. The second kappa shape index (κ2) is 3.93. The highest BCUT2D eigenvalue weighted by Crippen LogP contribution is 2.24. The molecule has 82 valence electrons. The molecule has 2 rings (SSSR count). The Kier molecular flexibility index (Phi) is 2.60. The molecule has 0 aliphatic rings. The number of nitrogens with zero attached hydrogens (tertiary/aromatic N) is 2. The summed E-state index contributed by atoms with van der Waals surface area (Å²) in [6, 6.07) is 8.08. The highest BCUT2D eigenvalue weighted by molar-refractivity contribution is 5.99. The third-order valence-corrected chi connectivity index (χ3v) is 2.61. The van der Waals surface area contributed by atoms with Gasteiger partial charge in [0, 0.05) is 12.6 Å². The molecular formula is C13H14N2O. The van der Waals surface area contributed by atoms with E-state index in [1.54, 1.807) is 17.8 Å². The summed E-state index contributed by atoms with van der Waals surface area (Å²) in [4.78, 5) is 11.5. The maximum atomic E-state index is 11.5. The fourth-order valence-electron chi connectivity index (χ4n) is 1.83. The Morgan fingerprint density at radius 1 is 1.38 bits per heavy atom. The van der Waals surface area contributed by atoms with Crippen molar-refractivity contribution < 1.29 is 4.79 Å². The molecule has 3 heteroatoms. The highest BCUT2D eigenvalue weighted by atomic mass is 16.1. The largest absolute Gasteiger partial charge is 0.294 e. The third-order valence-electron chi connectivity index (χ3n) is 2.61. The molecule has 3 nitrogen and oxygen atoms in total. The van der Waals surface area contributed by atoms with Crippen LogP contribution >= 0.6 is 0 Å². The Hall–Kier alpha value is -1.90. The van der Waals surface area contributed by atoms with Gasteiger partial charge in [-0.2, -0.15) is 5.10 Å². The maximum Gasteiger partial charge on any atom is 0.163 e. The minimum absolute atomic E-state index is 0.0459. The first kappa shape index (κ1) is 10.6. The van der Waals surface area contributed by atoms with Crippen molar-refractivity contribution in [3.63, 3.8) is 0 Å². The van der Waals surface area contributed by atoms with E-state index in [4.69, 9.17) is 0 Å². The van der Waals surface area contributed by atoms with Crippen molar-refractivity contribution in [1.29, 1.82) is 0 Å². The molecule has 0 aliphatic heterocycles. The number of ketones is 1. The number of aryl methyl sites for hydroxylation is 2. The van der Waals surface area contributed by atoms with E-state index in [0.29, 0.717) is 5.56 Å². The number of carbonyl (C=O) groups is 1. The van der Waals surface area contributed by atoms with Gasteiger partial charge in [0.2, 0.25) is 0 Å². The lowest BCUT2D eigenvalue weighted by Crippen LogP contribution is -1.98. The van der Waals surface area contributed by atoms with Crippen LogP contribution in [0.5, 0.6) is 0 Å². The molecule has 2 aromatic rings. The Balaban J connectivity index is 2.63. The zero-order chi connectivity index (χ0) is 11.7. The fourth-order valence-corrected chi connectivity index (χ4v) is 1.83. The van der Waals surface area contributed by atoms with Crippen molar-refractivity contribution >= 4 is 5.78 Å². The van der Waals surface area contributed by atoms with Crippen LogP contribution in [-0.4, -0.2) is 15.6 Å². The average Bonchev–Trinajstić information content (AvgIpc) is 2.60. The SMILES string of the molecule is CC(=O)c1cnn(C)c1-c1cccc(C)c1. The van der Waals surface area contributed by atoms with Gasteiger partial charge in [-0.05, 0) is 19.9 Å². The molecule has 0 radical (unpaired) electrons. The molecule has 0 fully saturated rings. The summed E-state index contributed by atoms with van der Waals surface area (Å²) in [5.74, 6) is 0.0459. The van der Waals surface area contributed by atoms with E-state index in [1.807, 2.05) is 32.2 Å². The van der Waals surface area contributed by atoms with E-state index < -0.39 is 0 Å². The average molecular weight is 214 g/mol. The lowest BCUT2D eigenvalue weighted by atomic mass is 10.0. The fraction of sp³-hybridized carbons (Fsp3) is 0.231. The molecule has 0 saturated carbocycles. The molecule has 16 heavy (non-hydrogen) atoms. The number of hydrogen-bond acceptors (Lipinski definition) is 2. The summed E-state index contributed by atoms with van der Waals surface area (Å²) in [6.45, 7) is 3.60.